The van der Waals surface area contributed by atoms with Crippen molar-refractivity contribution in [1.29, 1.82) is 0 Å². The van der Waals surface area contributed by atoms with Gasteiger partial charge in [0.15, 0.2) is 0 Å². The van der Waals surface area contributed by atoms with E-state index >= 15 is 0 Å². The van der Waals surface area contributed by atoms with Crippen LogP contribution in [-0.4, -0.2) is 57.3 Å². The Morgan fingerprint density at radius 1 is 0.714 bits per heavy atom. The van der Waals surface area contributed by atoms with E-state index in [2.05, 4.69) is 74.7 Å². The highest BCUT2D eigenvalue weighted by Crippen LogP contribution is 2.16. The quantitative estimate of drug-likeness (QED) is 0.544. The Kier molecular flexibility index (Phi) is 8.58. The lowest BCUT2D eigenvalue weighted by atomic mass is 10.1. The highest BCUT2D eigenvalue weighted by molar-refractivity contribution is 5.53. The molecule has 0 spiro atoms. The summed E-state index contributed by atoms with van der Waals surface area (Å²) in [6.07, 6.45) is 0. The van der Waals surface area contributed by atoms with Gasteiger partial charge in [-0.25, -0.2) is 0 Å². The maximum Gasteiger partial charge on any atom is 0.0386 e. The van der Waals surface area contributed by atoms with Gasteiger partial charge in [0.05, 0.1) is 0 Å². The van der Waals surface area contributed by atoms with Crippen LogP contribution < -0.4 is 27.0 Å². The fraction of sp³-hybridized carbons (Fsp3) is 0.455. The van der Waals surface area contributed by atoms with Gasteiger partial charge < -0.3 is 27.0 Å². The number of rotatable bonds is 2. The van der Waals surface area contributed by atoms with Crippen LogP contribution in [0.4, 0.5) is 11.4 Å². The number of nitrogens with zero attached hydrogens (tertiary/aromatic N) is 1. The molecule has 0 fully saturated rings. The molecule has 0 amide bonds. The number of hydrogen-bond acceptors (Lipinski definition) is 6. The van der Waals surface area contributed by atoms with Crippen molar-refractivity contribution in [3.8, 4) is 0 Å². The summed E-state index contributed by atoms with van der Waals surface area (Å²) in [6, 6.07) is 17.1. The van der Waals surface area contributed by atoms with Crippen molar-refractivity contribution in [3.63, 3.8) is 0 Å². The summed E-state index contributed by atoms with van der Waals surface area (Å²) in [5.41, 5.74) is 10.8. The van der Waals surface area contributed by atoms with Crippen molar-refractivity contribution in [2.24, 2.45) is 5.73 Å². The van der Waals surface area contributed by atoms with Crippen LogP contribution in [-0.2, 0) is 13.1 Å². The van der Waals surface area contributed by atoms with Crippen LogP contribution in [0.15, 0.2) is 48.5 Å². The van der Waals surface area contributed by atoms with Gasteiger partial charge >= 0.3 is 0 Å². The second-order valence-electron chi connectivity index (χ2n) is 7.15. The molecule has 0 radical (unpaired) electrons. The molecule has 0 atom stereocenters. The summed E-state index contributed by atoms with van der Waals surface area (Å²) in [7, 11) is 0. The topological polar surface area (TPSA) is 77.4 Å². The summed E-state index contributed by atoms with van der Waals surface area (Å²) in [5.74, 6) is 0. The van der Waals surface area contributed by atoms with Crippen molar-refractivity contribution in [2.45, 2.75) is 13.1 Å². The zero-order valence-electron chi connectivity index (χ0n) is 16.7. The third-order valence-corrected chi connectivity index (χ3v) is 5.08. The van der Waals surface area contributed by atoms with Gasteiger partial charge in [-0.1, -0.05) is 36.4 Å². The van der Waals surface area contributed by atoms with Crippen molar-refractivity contribution in [1.82, 2.24) is 15.5 Å². The van der Waals surface area contributed by atoms with E-state index in [9.17, 15) is 0 Å². The molecule has 1 heterocycles. The van der Waals surface area contributed by atoms with Gasteiger partial charge in [0, 0.05) is 76.8 Å². The van der Waals surface area contributed by atoms with Gasteiger partial charge in [-0.2, -0.15) is 0 Å². The first-order chi connectivity index (χ1) is 13.9. The molecule has 6 heteroatoms. The minimum atomic E-state index is 0.694. The van der Waals surface area contributed by atoms with Gasteiger partial charge in [0.1, 0.15) is 0 Å². The predicted molar refractivity (Wildman–Crippen MR) is 119 cm³/mol. The van der Waals surface area contributed by atoms with Gasteiger partial charge in [-0.3, -0.25) is 4.90 Å². The number of hydrogen-bond donors (Lipinski definition) is 5. The fourth-order valence-electron chi connectivity index (χ4n) is 3.53. The number of nitrogens with one attached hydrogen (secondary N) is 4. The molecule has 0 bridgehead atoms. The van der Waals surface area contributed by atoms with Crippen LogP contribution >= 0.6 is 0 Å². The lowest BCUT2D eigenvalue weighted by molar-refractivity contribution is 0.279. The van der Waals surface area contributed by atoms with Crippen LogP contribution in [0.1, 0.15) is 11.1 Å². The first-order valence-electron chi connectivity index (χ1n) is 10.3. The minimum Gasteiger partial charge on any atom is -0.383 e. The average molecular weight is 383 g/mol. The number of benzene rings is 2. The molecular formula is C22H34N6. The number of anilines is 2. The predicted octanol–water partition coefficient (Wildman–Crippen LogP) is 1.66. The Morgan fingerprint density at radius 3 is 1.71 bits per heavy atom. The molecule has 2 aromatic carbocycles. The summed E-state index contributed by atoms with van der Waals surface area (Å²) in [4.78, 5) is 2.42. The zero-order valence-corrected chi connectivity index (χ0v) is 16.7. The normalized spacial score (nSPS) is 17.5. The molecule has 3 rings (SSSR count). The van der Waals surface area contributed by atoms with E-state index in [4.69, 9.17) is 5.73 Å². The molecule has 6 N–H and O–H groups in total. The maximum absolute atomic E-state index is 5.80. The smallest absolute Gasteiger partial charge is 0.0386 e. The van der Waals surface area contributed by atoms with E-state index in [-0.39, 0.29) is 0 Å². The molecule has 2 aromatic rings. The molecule has 6 nitrogen and oxygen atoms in total. The lowest BCUT2D eigenvalue weighted by Gasteiger charge is -2.22. The van der Waals surface area contributed by atoms with Crippen LogP contribution in [0.2, 0.25) is 0 Å². The van der Waals surface area contributed by atoms with Crippen molar-refractivity contribution < 1.29 is 0 Å². The molecule has 0 unspecified atom stereocenters. The average Bonchev–Trinajstić information content (AvgIpc) is 2.73. The first kappa shape index (κ1) is 20.6. The number of para-hydroxylation sites is 2. The zero-order chi connectivity index (χ0) is 19.4. The Bertz CT molecular complexity index is 647. The molecular weight excluding hydrogens is 348 g/mol. The molecule has 0 aliphatic carbocycles. The molecule has 0 saturated carbocycles. The number of nitrogens with two attached hydrogens (primary N) is 1. The summed E-state index contributed by atoms with van der Waals surface area (Å²) >= 11 is 0. The summed E-state index contributed by atoms with van der Waals surface area (Å²) in [6.45, 7) is 9.05. The van der Waals surface area contributed by atoms with Gasteiger partial charge in [-0.05, 0) is 23.3 Å². The molecule has 28 heavy (non-hydrogen) atoms. The maximum atomic E-state index is 5.80. The Balaban J connectivity index is 1.68. The monoisotopic (exact) mass is 382 g/mol. The van der Waals surface area contributed by atoms with Crippen molar-refractivity contribution >= 4 is 11.4 Å². The van der Waals surface area contributed by atoms with E-state index < -0.39 is 0 Å². The van der Waals surface area contributed by atoms with Crippen LogP contribution in [0, 0.1) is 0 Å². The first-order valence-corrected chi connectivity index (χ1v) is 10.3. The Hall–Kier alpha value is -2.12. The van der Waals surface area contributed by atoms with Gasteiger partial charge in [-0.15, -0.1) is 0 Å². The highest BCUT2D eigenvalue weighted by Gasteiger charge is 2.07. The summed E-state index contributed by atoms with van der Waals surface area (Å²) < 4.78 is 0. The molecule has 0 saturated heterocycles. The van der Waals surface area contributed by atoms with Crippen LogP contribution in [0.3, 0.4) is 0 Å². The summed E-state index contributed by atoms with van der Waals surface area (Å²) in [5, 5.41) is 14.3. The Labute approximate surface area is 168 Å². The van der Waals surface area contributed by atoms with Crippen molar-refractivity contribution in [2.75, 3.05) is 63.0 Å². The van der Waals surface area contributed by atoms with Gasteiger partial charge in [0.25, 0.3) is 0 Å². The molecule has 1 aliphatic heterocycles. The molecule has 152 valence electrons. The fourth-order valence-corrected chi connectivity index (χ4v) is 3.53. The van der Waals surface area contributed by atoms with Crippen LogP contribution in [0.5, 0.6) is 0 Å². The lowest BCUT2D eigenvalue weighted by Crippen LogP contribution is -2.39. The van der Waals surface area contributed by atoms with E-state index in [1.165, 1.54) is 22.5 Å². The van der Waals surface area contributed by atoms with E-state index in [1.807, 2.05) is 0 Å². The second-order valence-corrected chi connectivity index (χ2v) is 7.15. The SMILES string of the molecule is NCCN1CCNCc2ccccc2NCCNc2ccccc2CNCC1. The minimum absolute atomic E-state index is 0.694. The van der Waals surface area contributed by atoms with Crippen LogP contribution in [0.25, 0.3) is 0 Å². The van der Waals surface area contributed by atoms with E-state index in [0.29, 0.717) is 6.54 Å². The second kappa shape index (κ2) is 11.7. The third-order valence-electron chi connectivity index (χ3n) is 5.08. The van der Waals surface area contributed by atoms with Gasteiger partial charge in [0.2, 0.25) is 0 Å². The molecule has 0 aromatic heterocycles. The van der Waals surface area contributed by atoms with Crippen molar-refractivity contribution in [3.05, 3.63) is 59.7 Å². The Morgan fingerprint density at radius 2 is 1.21 bits per heavy atom. The largest absolute Gasteiger partial charge is 0.383 e. The highest BCUT2D eigenvalue weighted by atomic mass is 15.2. The molecule has 1 aliphatic rings. The van der Waals surface area contributed by atoms with E-state index in [0.717, 1.165) is 58.9 Å². The van der Waals surface area contributed by atoms with E-state index in [1.54, 1.807) is 0 Å². The third kappa shape index (κ3) is 6.49. The number of fused-ring (bicyclic) bond motifs is 2. The standard InChI is InChI=1S/C22H34N6/c23-9-14-28-15-12-24-17-19-5-1-3-7-21(19)26-10-11-27-22-8-4-2-6-20(22)18-25-13-16-28/h1-8,24-27H,9-18,23H2.